The van der Waals surface area contributed by atoms with E-state index in [0.29, 0.717) is 12.3 Å². The third kappa shape index (κ3) is 3.05. The number of rotatable bonds is 4. The van der Waals surface area contributed by atoms with Crippen LogP contribution in [0, 0.1) is 5.92 Å². The van der Waals surface area contributed by atoms with Crippen molar-refractivity contribution in [3.63, 3.8) is 0 Å². The van der Waals surface area contributed by atoms with Crippen LogP contribution in [0.4, 0.5) is 0 Å². The summed E-state index contributed by atoms with van der Waals surface area (Å²) < 4.78 is 6.35. The summed E-state index contributed by atoms with van der Waals surface area (Å²) in [6.07, 6.45) is 7.06. The topological polar surface area (TPSA) is 26.3 Å². The minimum Gasteiger partial charge on any atom is -0.413 e. The van der Waals surface area contributed by atoms with Gasteiger partial charge in [0.15, 0.2) is 8.32 Å². The Balaban J connectivity index is 2.64. The van der Waals surface area contributed by atoms with E-state index in [2.05, 4.69) is 46.0 Å². The van der Waals surface area contributed by atoms with Crippen LogP contribution in [-0.2, 0) is 9.22 Å². The van der Waals surface area contributed by atoms with Crippen molar-refractivity contribution < 1.29 is 9.22 Å². The zero-order chi connectivity index (χ0) is 12.4. The molecule has 0 spiro atoms. The fourth-order valence-corrected chi connectivity index (χ4v) is 3.10. The maximum Gasteiger partial charge on any atom is 0.192 e. The van der Waals surface area contributed by atoms with Gasteiger partial charge in [0.05, 0.1) is 6.10 Å². The highest BCUT2D eigenvalue weighted by Gasteiger charge is 2.40. The molecule has 16 heavy (non-hydrogen) atoms. The Morgan fingerprint density at radius 1 is 1.44 bits per heavy atom. The summed E-state index contributed by atoms with van der Waals surface area (Å²) in [6.45, 7) is 11.3. The highest BCUT2D eigenvalue weighted by atomic mass is 28.4. The van der Waals surface area contributed by atoms with Gasteiger partial charge in [0.1, 0.15) is 6.29 Å². The van der Waals surface area contributed by atoms with Crippen LogP contribution in [0.2, 0.25) is 18.1 Å². The third-order valence-electron chi connectivity index (χ3n) is 3.85. The van der Waals surface area contributed by atoms with E-state index >= 15 is 0 Å². The molecule has 0 fully saturated rings. The van der Waals surface area contributed by atoms with E-state index in [4.69, 9.17) is 4.43 Å². The van der Waals surface area contributed by atoms with E-state index in [1.165, 1.54) is 0 Å². The van der Waals surface area contributed by atoms with Gasteiger partial charge in [-0.05, 0) is 24.6 Å². The van der Waals surface area contributed by atoms with Gasteiger partial charge in [-0.2, -0.15) is 0 Å². The molecule has 0 aromatic heterocycles. The lowest BCUT2D eigenvalue weighted by Crippen LogP contribution is -2.44. The third-order valence-corrected chi connectivity index (χ3v) is 8.35. The maximum absolute atomic E-state index is 10.6. The van der Waals surface area contributed by atoms with Crippen LogP contribution in [0.25, 0.3) is 0 Å². The van der Waals surface area contributed by atoms with Crippen LogP contribution in [0.15, 0.2) is 12.2 Å². The molecular weight excluding hydrogens is 216 g/mol. The summed E-state index contributed by atoms with van der Waals surface area (Å²) >= 11 is 0. The molecular formula is C13H24O2Si. The molecule has 1 rings (SSSR count). The van der Waals surface area contributed by atoms with Gasteiger partial charge in [-0.25, -0.2) is 0 Å². The molecule has 0 saturated carbocycles. The van der Waals surface area contributed by atoms with E-state index in [1.807, 2.05) is 0 Å². The first-order valence-corrected chi connectivity index (χ1v) is 8.97. The van der Waals surface area contributed by atoms with Gasteiger partial charge in [-0.3, -0.25) is 0 Å². The number of aldehydes is 1. The lowest BCUT2D eigenvalue weighted by molar-refractivity contribution is -0.108. The van der Waals surface area contributed by atoms with Crippen molar-refractivity contribution >= 4 is 14.6 Å². The van der Waals surface area contributed by atoms with E-state index in [0.717, 1.165) is 12.7 Å². The molecule has 0 unspecified atom stereocenters. The molecule has 92 valence electrons. The molecule has 3 heteroatoms. The molecule has 0 N–H and O–H groups in total. The van der Waals surface area contributed by atoms with Crippen molar-refractivity contribution in [3.05, 3.63) is 12.2 Å². The fraction of sp³-hybridized carbons (Fsp3) is 0.769. The smallest absolute Gasteiger partial charge is 0.192 e. The molecule has 0 saturated heterocycles. The van der Waals surface area contributed by atoms with Crippen LogP contribution in [0.3, 0.4) is 0 Å². The average molecular weight is 240 g/mol. The van der Waals surface area contributed by atoms with Crippen LogP contribution in [0.5, 0.6) is 0 Å². The Hall–Kier alpha value is -0.413. The van der Waals surface area contributed by atoms with Crippen LogP contribution < -0.4 is 0 Å². The Bertz CT molecular complexity index is 276. The van der Waals surface area contributed by atoms with E-state index < -0.39 is 8.32 Å². The summed E-state index contributed by atoms with van der Waals surface area (Å²) in [5, 5.41) is 0.237. The first kappa shape index (κ1) is 13.7. The maximum atomic E-state index is 10.6. The van der Waals surface area contributed by atoms with Crippen molar-refractivity contribution in [2.45, 2.75) is 57.8 Å². The normalized spacial score (nSPS) is 26.1. The molecule has 0 aliphatic heterocycles. The van der Waals surface area contributed by atoms with Gasteiger partial charge in [0.2, 0.25) is 0 Å². The second-order valence-electron chi connectivity index (χ2n) is 6.15. The quantitative estimate of drug-likeness (QED) is 0.427. The first-order valence-electron chi connectivity index (χ1n) is 6.06. The van der Waals surface area contributed by atoms with E-state index in [1.54, 1.807) is 0 Å². The molecule has 1 aliphatic rings. The van der Waals surface area contributed by atoms with E-state index in [-0.39, 0.29) is 11.1 Å². The summed E-state index contributed by atoms with van der Waals surface area (Å²) in [4.78, 5) is 10.6. The van der Waals surface area contributed by atoms with Crippen molar-refractivity contribution in [1.82, 2.24) is 0 Å². The molecule has 0 heterocycles. The predicted molar refractivity (Wildman–Crippen MR) is 70.0 cm³/mol. The van der Waals surface area contributed by atoms with Crippen LogP contribution in [0.1, 0.15) is 33.6 Å². The Morgan fingerprint density at radius 3 is 2.56 bits per heavy atom. The lowest BCUT2D eigenvalue weighted by atomic mass is 10.0. The highest BCUT2D eigenvalue weighted by Crippen LogP contribution is 2.39. The van der Waals surface area contributed by atoms with Crippen molar-refractivity contribution in [2.24, 2.45) is 5.92 Å². The molecule has 2 atom stereocenters. The SMILES string of the molecule is CC(C)(C)[Si](C)(C)O[C@H]1CC=C[C@H]1CC=O. The molecule has 0 amide bonds. The van der Waals surface area contributed by atoms with E-state index in [9.17, 15) is 4.79 Å². The number of carbonyl (C=O) groups is 1. The van der Waals surface area contributed by atoms with Gasteiger partial charge in [0, 0.05) is 12.3 Å². The molecule has 0 aromatic carbocycles. The molecule has 0 aromatic rings. The Labute approximate surface area is 100 Å². The second-order valence-corrected chi connectivity index (χ2v) is 10.9. The summed E-state index contributed by atoms with van der Waals surface area (Å²) in [6, 6.07) is 0. The Morgan fingerprint density at radius 2 is 2.06 bits per heavy atom. The lowest BCUT2D eigenvalue weighted by Gasteiger charge is -2.39. The summed E-state index contributed by atoms with van der Waals surface area (Å²) in [5.74, 6) is 0.298. The molecule has 1 aliphatic carbocycles. The van der Waals surface area contributed by atoms with Gasteiger partial charge >= 0.3 is 0 Å². The second kappa shape index (κ2) is 4.84. The van der Waals surface area contributed by atoms with Gasteiger partial charge in [-0.1, -0.05) is 32.9 Å². The van der Waals surface area contributed by atoms with Crippen molar-refractivity contribution in [1.29, 1.82) is 0 Å². The number of carbonyl (C=O) groups excluding carboxylic acids is 1. The number of hydrogen-bond donors (Lipinski definition) is 0. The summed E-state index contributed by atoms with van der Waals surface area (Å²) in [5.41, 5.74) is 0. The standard InChI is InChI=1S/C13H24O2Si/c1-13(2,3)16(4,5)15-12-8-6-7-11(12)9-10-14/h6-7,10-12H,8-9H2,1-5H3/t11-,12-/m0/s1. The molecule has 0 radical (unpaired) electrons. The summed E-state index contributed by atoms with van der Waals surface area (Å²) in [7, 11) is -1.70. The molecule has 2 nitrogen and oxygen atoms in total. The Kier molecular flexibility index (Phi) is 4.13. The molecule has 0 bridgehead atoms. The minimum absolute atomic E-state index is 0.228. The minimum atomic E-state index is -1.70. The van der Waals surface area contributed by atoms with Crippen molar-refractivity contribution in [3.8, 4) is 0 Å². The zero-order valence-electron chi connectivity index (χ0n) is 11.1. The van der Waals surface area contributed by atoms with Gasteiger partial charge in [-0.15, -0.1) is 0 Å². The number of hydrogen-bond acceptors (Lipinski definition) is 2. The zero-order valence-corrected chi connectivity index (χ0v) is 12.1. The highest BCUT2D eigenvalue weighted by molar-refractivity contribution is 6.74. The first-order chi connectivity index (χ1) is 7.28. The van der Waals surface area contributed by atoms with Crippen molar-refractivity contribution in [2.75, 3.05) is 0 Å². The fourth-order valence-electron chi connectivity index (χ4n) is 1.72. The van der Waals surface area contributed by atoms with Crippen LogP contribution in [-0.4, -0.2) is 20.7 Å². The van der Waals surface area contributed by atoms with Gasteiger partial charge in [0.25, 0.3) is 0 Å². The predicted octanol–water partition coefficient (Wildman–Crippen LogP) is 3.54. The monoisotopic (exact) mass is 240 g/mol. The van der Waals surface area contributed by atoms with Crippen LogP contribution >= 0.6 is 0 Å². The average Bonchev–Trinajstić information content (AvgIpc) is 2.51. The largest absolute Gasteiger partial charge is 0.413 e. The van der Waals surface area contributed by atoms with Gasteiger partial charge < -0.3 is 9.22 Å².